The molecule has 0 spiro atoms. The number of carbonyl (C=O) groups excluding carboxylic acids is 3. The average Bonchev–Trinajstić information content (AvgIpc) is 2.57. The van der Waals surface area contributed by atoms with Crippen molar-refractivity contribution in [2.75, 3.05) is 38.5 Å². The molecule has 2 rings (SSSR count). The van der Waals surface area contributed by atoms with Crippen LogP contribution in [0.15, 0.2) is 24.3 Å². The lowest BCUT2D eigenvalue weighted by Crippen LogP contribution is -2.47. The van der Waals surface area contributed by atoms with Crippen LogP contribution in [0, 0.1) is 5.92 Å². The Hall–Kier alpha value is -2.12. The van der Waals surface area contributed by atoms with Crippen molar-refractivity contribution in [2.45, 2.75) is 12.8 Å². The van der Waals surface area contributed by atoms with Gasteiger partial charge in [-0.2, -0.15) is 0 Å². The largest absolute Gasteiger partial charge is 0.369 e. The molecule has 0 saturated carbocycles. The number of nitrogens with zero attached hydrogens (tertiary/aromatic N) is 2. The third-order valence-corrected chi connectivity index (χ3v) is 4.55. The summed E-state index contributed by atoms with van der Waals surface area (Å²) in [7, 11) is 1.57. The number of para-hydroxylation sites is 1. The molecule has 1 aliphatic heterocycles. The van der Waals surface area contributed by atoms with Gasteiger partial charge in [-0.1, -0.05) is 23.7 Å². The third-order valence-electron chi connectivity index (χ3n) is 4.22. The lowest BCUT2D eigenvalue weighted by molar-refractivity contribution is -0.135. The standard InChI is InChI=1S/C17H23ClN4O3/c1-21(10-15(23)20-14-7-3-2-6-13(14)18)16(24)11-22-8-4-5-12(9-22)17(19)25/h2-3,6-7,12H,4-5,8-11H2,1H3,(H2,19,25)(H,20,23)/t12-/m1/s1. The maximum Gasteiger partial charge on any atom is 0.244 e. The molecular formula is C17H23ClN4O3. The van der Waals surface area contributed by atoms with E-state index >= 15 is 0 Å². The Morgan fingerprint density at radius 1 is 1.36 bits per heavy atom. The molecule has 1 atom stereocenters. The van der Waals surface area contributed by atoms with Crippen LogP contribution in [0.5, 0.6) is 0 Å². The number of halogens is 1. The highest BCUT2D eigenvalue weighted by Crippen LogP contribution is 2.20. The van der Waals surface area contributed by atoms with Gasteiger partial charge in [0.1, 0.15) is 0 Å². The average molecular weight is 367 g/mol. The predicted octanol–water partition coefficient (Wildman–Crippen LogP) is 0.934. The van der Waals surface area contributed by atoms with Gasteiger partial charge in [0.05, 0.1) is 29.7 Å². The van der Waals surface area contributed by atoms with Crippen LogP contribution in [0.2, 0.25) is 5.02 Å². The molecule has 8 heteroatoms. The number of anilines is 1. The number of piperidine rings is 1. The number of carbonyl (C=O) groups is 3. The second-order valence-electron chi connectivity index (χ2n) is 6.25. The van der Waals surface area contributed by atoms with E-state index in [1.165, 1.54) is 4.90 Å². The lowest BCUT2D eigenvalue weighted by atomic mass is 9.97. The molecule has 0 aliphatic carbocycles. The SMILES string of the molecule is CN(CC(=O)Nc1ccccc1Cl)C(=O)CN1CCC[C@@H](C(N)=O)C1. The van der Waals surface area contributed by atoms with E-state index in [-0.39, 0.29) is 36.7 Å². The number of primary amides is 1. The number of amides is 3. The Balaban J connectivity index is 1.82. The summed E-state index contributed by atoms with van der Waals surface area (Å²) in [5.41, 5.74) is 5.86. The summed E-state index contributed by atoms with van der Waals surface area (Å²) in [6, 6.07) is 6.91. The number of likely N-dealkylation sites (tertiary alicyclic amines) is 1. The predicted molar refractivity (Wildman–Crippen MR) is 96.1 cm³/mol. The maximum absolute atomic E-state index is 12.3. The first-order valence-corrected chi connectivity index (χ1v) is 8.54. The molecule has 1 heterocycles. The fourth-order valence-corrected chi connectivity index (χ4v) is 2.98. The number of likely N-dealkylation sites (N-methyl/N-ethyl adjacent to an activating group) is 1. The molecule has 136 valence electrons. The van der Waals surface area contributed by atoms with E-state index in [2.05, 4.69) is 5.32 Å². The molecule has 25 heavy (non-hydrogen) atoms. The minimum absolute atomic E-state index is 0.0723. The topological polar surface area (TPSA) is 95.7 Å². The Bertz CT molecular complexity index is 653. The number of rotatable bonds is 6. The van der Waals surface area contributed by atoms with Crippen LogP contribution in [0.25, 0.3) is 0 Å². The first kappa shape index (κ1) is 19.2. The van der Waals surface area contributed by atoms with Crippen LogP contribution in [0.1, 0.15) is 12.8 Å². The summed E-state index contributed by atoms with van der Waals surface area (Å²) in [5, 5.41) is 3.12. The molecule has 0 unspecified atom stereocenters. The van der Waals surface area contributed by atoms with E-state index in [0.29, 0.717) is 17.3 Å². The smallest absolute Gasteiger partial charge is 0.244 e. The fraction of sp³-hybridized carbons (Fsp3) is 0.471. The normalized spacial score (nSPS) is 17.8. The van der Waals surface area contributed by atoms with Crippen molar-refractivity contribution < 1.29 is 14.4 Å². The molecule has 7 nitrogen and oxygen atoms in total. The maximum atomic E-state index is 12.3. The highest BCUT2D eigenvalue weighted by Gasteiger charge is 2.26. The van der Waals surface area contributed by atoms with Gasteiger partial charge < -0.3 is 16.0 Å². The Kier molecular flexibility index (Phi) is 6.78. The summed E-state index contributed by atoms with van der Waals surface area (Å²) in [6.07, 6.45) is 1.59. The Morgan fingerprint density at radius 2 is 2.08 bits per heavy atom. The minimum Gasteiger partial charge on any atom is -0.369 e. The van der Waals surface area contributed by atoms with Gasteiger partial charge in [-0.3, -0.25) is 19.3 Å². The monoisotopic (exact) mass is 366 g/mol. The van der Waals surface area contributed by atoms with Crippen molar-refractivity contribution in [3.05, 3.63) is 29.3 Å². The molecule has 0 bridgehead atoms. The highest BCUT2D eigenvalue weighted by molar-refractivity contribution is 6.33. The van der Waals surface area contributed by atoms with Crippen molar-refractivity contribution in [1.29, 1.82) is 0 Å². The van der Waals surface area contributed by atoms with Crippen molar-refractivity contribution in [3.63, 3.8) is 0 Å². The molecule has 0 radical (unpaired) electrons. The molecule has 3 amide bonds. The molecular weight excluding hydrogens is 344 g/mol. The minimum atomic E-state index is -0.329. The van der Waals surface area contributed by atoms with Crippen LogP contribution in [-0.2, 0) is 14.4 Å². The van der Waals surface area contributed by atoms with Gasteiger partial charge in [-0.05, 0) is 31.5 Å². The third kappa shape index (κ3) is 5.72. The zero-order valence-electron chi connectivity index (χ0n) is 14.2. The van der Waals surface area contributed by atoms with Crippen LogP contribution in [0.4, 0.5) is 5.69 Å². The van der Waals surface area contributed by atoms with Gasteiger partial charge in [0.2, 0.25) is 17.7 Å². The van der Waals surface area contributed by atoms with Gasteiger partial charge in [0.15, 0.2) is 0 Å². The van der Waals surface area contributed by atoms with Gasteiger partial charge in [-0.15, -0.1) is 0 Å². The van der Waals surface area contributed by atoms with Crippen LogP contribution in [0.3, 0.4) is 0 Å². The van der Waals surface area contributed by atoms with E-state index in [1.807, 2.05) is 4.90 Å². The number of hydrogen-bond donors (Lipinski definition) is 2. The summed E-state index contributed by atoms with van der Waals surface area (Å²) >= 11 is 6.00. The lowest BCUT2D eigenvalue weighted by Gasteiger charge is -2.31. The molecule has 0 aromatic heterocycles. The zero-order valence-corrected chi connectivity index (χ0v) is 15.0. The van der Waals surface area contributed by atoms with Crippen molar-refractivity contribution in [3.8, 4) is 0 Å². The Labute approximate surface area is 152 Å². The van der Waals surface area contributed by atoms with Gasteiger partial charge in [0.25, 0.3) is 0 Å². The van der Waals surface area contributed by atoms with E-state index in [0.717, 1.165) is 19.4 Å². The van der Waals surface area contributed by atoms with Crippen molar-refractivity contribution >= 4 is 35.0 Å². The first-order valence-electron chi connectivity index (χ1n) is 8.17. The number of benzene rings is 1. The second kappa shape index (κ2) is 8.82. The van der Waals surface area contributed by atoms with Gasteiger partial charge >= 0.3 is 0 Å². The highest BCUT2D eigenvalue weighted by atomic mass is 35.5. The van der Waals surface area contributed by atoms with Gasteiger partial charge in [0, 0.05) is 13.6 Å². The number of nitrogens with two attached hydrogens (primary N) is 1. The van der Waals surface area contributed by atoms with Crippen LogP contribution < -0.4 is 11.1 Å². The molecule has 1 fully saturated rings. The molecule has 3 N–H and O–H groups in total. The van der Waals surface area contributed by atoms with E-state index in [1.54, 1.807) is 31.3 Å². The summed E-state index contributed by atoms with van der Waals surface area (Å²) in [4.78, 5) is 38.9. The molecule has 1 aliphatic rings. The van der Waals surface area contributed by atoms with E-state index in [4.69, 9.17) is 17.3 Å². The molecule has 1 aromatic carbocycles. The van der Waals surface area contributed by atoms with Crippen molar-refractivity contribution in [2.24, 2.45) is 11.7 Å². The summed E-state index contributed by atoms with van der Waals surface area (Å²) in [6.45, 7) is 1.33. The van der Waals surface area contributed by atoms with Crippen LogP contribution >= 0.6 is 11.6 Å². The van der Waals surface area contributed by atoms with Crippen molar-refractivity contribution in [1.82, 2.24) is 9.80 Å². The molecule has 1 aromatic rings. The second-order valence-corrected chi connectivity index (χ2v) is 6.66. The fourth-order valence-electron chi connectivity index (χ4n) is 2.80. The van der Waals surface area contributed by atoms with E-state index in [9.17, 15) is 14.4 Å². The van der Waals surface area contributed by atoms with Gasteiger partial charge in [-0.25, -0.2) is 0 Å². The Morgan fingerprint density at radius 3 is 2.76 bits per heavy atom. The quantitative estimate of drug-likeness (QED) is 0.783. The zero-order chi connectivity index (χ0) is 18.4. The number of hydrogen-bond acceptors (Lipinski definition) is 4. The summed E-state index contributed by atoms with van der Waals surface area (Å²) < 4.78 is 0. The molecule has 1 saturated heterocycles. The van der Waals surface area contributed by atoms with E-state index < -0.39 is 0 Å². The summed E-state index contributed by atoms with van der Waals surface area (Å²) in [5.74, 6) is -1.04. The first-order chi connectivity index (χ1) is 11.9. The van der Waals surface area contributed by atoms with Crippen LogP contribution in [-0.4, -0.2) is 60.7 Å². The number of nitrogens with one attached hydrogen (secondary N) is 1.